The molecule has 2 rings (SSSR count). The molecule has 13 nitrogen and oxygen atoms in total. The third-order valence-electron chi connectivity index (χ3n) is 3.83. The van der Waals surface area contributed by atoms with Crippen LogP contribution in [-0.2, 0) is 25.2 Å². The number of nitrogens with zero attached hydrogens (tertiary/aromatic N) is 6. The minimum atomic E-state index is -3.91. The Morgan fingerprint density at radius 1 is 0.966 bits per heavy atom. The van der Waals surface area contributed by atoms with Crippen LogP contribution in [0.4, 0.5) is 11.9 Å². The minimum absolute atomic E-state index is 0.121. The predicted octanol–water partition coefficient (Wildman–Crippen LogP) is -1.37. The maximum Gasteiger partial charge on any atom is 0.309 e. The Morgan fingerprint density at radius 2 is 1.34 bits per heavy atom. The molecule has 0 spiro atoms. The van der Waals surface area contributed by atoms with Crippen LogP contribution in [0.1, 0.15) is 11.4 Å². The average Bonchev–Trinajstić information content (AvgIpc) is 3.19. The van der Waals surface area contributed by atoms with Crippen molar-refractivity contribution in [2.24, 2.45) is 0 Å². The van der Waals surface area contributed by atoms with Gasteiger partial charge in [-0.1, -0.05) is 0 Å². The van der Waals surface area contributed by atoms with E-state index in [4.69, 9.17) is 16.2 Å². The number of methoxy groups -OCH3 is 1. The van der Waals surface area contributed by atoms with E-state index in [0.717, 1.165) is 16.6 Å². The molecule has 0 bridgehead atoms. The van der Waals surface area contributed by atoms with Gasteiger partial charge in [-0.05, 0) is 6.08 Å². The van der Waals surface area contributed by atoms with Gasteiger partial charge in [-0.25, -0.2) is 9.97 Å². The number of imidazole rings is 2. The summed E-state index contributed by atoms with van der Waals surface area (Å²) in [4.78, 5) is 8.17. The first kappa shape index (κ1) is 22.8. The van der Waals surface area contributed by atoms with E-state index in [1.54, 1.807) is 6.08 Å². The summed E-state index contributed by atoms with van der Waals surface area (Å²) < 4.78 is 58.2. The van der Waals surface area contributed by atoms with Gasteiger partial charge >= 0.3 is 20.4 Å². The molecule has 162 valence electrons. The van der Waals surface area contributed by atoms with Gasteiger partial charge in [-0.15, -0.1) is 0 Å². The van der Waals surface area contributed by atoms with E-state index < -0.39 is 20.4 Å². The van der Waals surface area contributed by atoms with Gasteiger partial charge in [0.25, 0.3) is 0 Å². The normalized spacial score (nSPS) is 12.7. The van der Waals surface area contributed by atoms with Gasteiger partial charge in [0.2, 0.25) is 11.9 Å². The maximum atomic E-state index is 12.4. The first-order valence-electron chi connectivity index (χ1n) is 8.09. The number of anilines is 2. The van der Waals surface area contributed by atoms with Crippen molar-refractivity contribution in [2.75, 3.05) is 53.4 Å². The van der Waals surface area contributed by atoms with Crippen LogP contribution >= 0.6 is 0 Å². The molecule has 2 aromatic rings. The first-order valence-corrected chi connectivity index (χ1v) is 10.9. The number of nitrogen functional groups attached to an aromatic ring is 2. The second-order valence-corrected chi connectivity index (χ2v) is 10.3. The topological polar surface area (TPSA) is 172 Å². The van der Waals surface area contributed by atoms with Gasteiger partial charge in [-0.3, -0.25) is 0 Å². The number of nitrogens with two attached hydrogens (primary N) is 2. The lowest BCUT2D eigenvalue weighted by molar-refractivity contribution is 0.234. The molecule has 0 radical (unpaired) electrons. The summed E-state index contributed by atoms with van der Waals surface area (Å²) in [5.41, 5.74) is 12.2. The molecule has 0 aromatic carbocycles. The Labute approximate surface area is 169 Å². The zero-order valence-electron chi connectivity index (χ0n) is 16.6. The molecule has 0 atom stereocenters. The van der Waals surface area contributed by atoms with Gasteiger partial charge in [0.15, 0.2) is 0 Å². The van der Waals surface area contributed by atoms with Gasteiger partial charge < -0.3 is 16.2 Å². The van der Waals surface area contributed by atoms with Crippen molar-refractivity contribution in [3.05, 3.63) is 29.9 Å². The third kappa shape index (κ3) is 4.27. The van der Waals surface area contributed by atoms with Crippen molar-refractivity contribution < 1.29 is 21.6 Å². The number of hydrogen-bond donors (Lipinski definition) is 2. The van der Waals surface area contributed by atoms with Crippen LogP contribution in [0.15, 0.2) is 18.5 Å². The molecule has 0 aliphatic heterocycles. The fourth-order valence-corrected chi connectivity index (χ4v) is 3.97. The minimum Gasteiger partial charge on any atom is -0.381 e. The van der Waals surface area contributed by atoms with E-state index in [-0.39, 0.29) is 29.9 Å². The molecule has 0 saturated heterocycles. The van der Waals surface area contributed by atoms with Gasteiger partial charge in [0, 0.05) is 40.9 Å². The van der Waals surface area contributed by atoms with Crippen LogP contribution in [0.3, 0.4) is 0 Å². The highest BCUT2D eigenvalue weighted by Gasteiger charge is 2.25. The number of aromatic nitrogens is 4. The summed E-state index contributed by atoms with van der Waals surface area (Å²) in [6, 6.07) is 0. The van der Waals surface area contributed by atoms with E-state index >= 15 is 0 Å². The summed E-state index contributed by atoms with van der Waals surface area (Å²) >= 11 is 0. The maximum absolute atomic E-state index is 12.4. The average molecular weight is 449 g/mol. The van der Waals surface area contributed by atoms with E-state index in [2.05, 4.69) is 9.97 Å². The second-order valence-electron chi connectivity index (χ2n) is 6.21. The lowest BCUT2D eigenvalue weighted by Crippen LogP contribution is -2.29. The molecule has 15 heteroatoms. The third-order valence-corrected chi connectivity index (χ3v) is 7.25. The highest BCUT2D eigenvalue weighted by atomic mass is 32.2. The van der Waals surface area contributed by atoms with Crippen LogP contribution < -0.4 is 11.5 Å². The lowest BCUT2D eigenvalue weighted by atomic mass is 10.1. The van der Waals surface area contributed by atoms with E-state index in [1.807, 2.05) is 0 Å². The Balaban J connectivity index is 2.65. The monoisotopic (exact) mass is 448 g/mol. The molecule has 2 aromatic heterocycles. The van der Waals surface area contributed by atoms with Gasteiger partial charge in [0.05, 0.1) is 30.4 Å². The van der Waals surface area contributed by atoms with Crippen molar-refractivity contribution >= 4 is 37.9 Å². The zero-order chi connectivity index (χ0) is 22.1. The molecule has 29 heavy (non-hydrogen) atoms. The molecular weight excluding hydrogens is 424 g/mol. The van der Waals surface area contributed by atoms with Crippen LogP contribution in [0.2, 0.25) is 0 Å². The van der Waals surface area contributed by atoms with Crippen molar-refractivity contribution in [1.29, 1.82) is 0 Å². The fraction of sp³-hybridized carbons (Fsp3) is 0.429. The molecule has 0 saturated carbocycles. The van der Waals surface area contributed by atoms with Crippen LogP contribution in [-0.4, -0.2) is 85.3 Å². The Bertz CT molecular complexity index is 1040. The molecule has 0 unspecified atom stereocenters. The summed E-state index contributed by atoms with van der Waals surface area (Å²) in [6.45, 7) is 0.121. The summed E-state index contributed by atoms with van der Waals surface area (Å²) in [7, 11) is -0.952. The van der Waals surface area contributed by atoms with Crippen molar-refractivity contribution in [2.45, 2.75) is 0 Å². The van der Waals surface area contributed by atoms with E-state index in [1.165, 1.54) is 47.7 Å². The van der Waals surface area contributed by atoms with E-state index in [0.29, 0.717) is 5.57 Å². The number of rotatable bonds is 8. The van der Waals surface area contributed by atoms with Crippen LogP contribution in [0.25, 0.3) is 5.57 Å². The number of ether oxygens (including phenoxy) is 1. The summed E-state index contributed by atoms with van der Waals surface area (Å²) in [6.07, 6.45) is 3.98. The van der Waals surface area contributed by atoms with Crippen molar-refractivity contribution in [1.82, 2.24) is 26.5 Å². The standard InChI is InChI=1S/C14H24N8O5S2/c1-19(2)28(23,24)21-8-11(17-13(21)15)10(6-7-27-5)12-9-22(14(16)18-12)29(25,26)20(3)4/h6,8-9H,7H2,1-5H3,(H2,15,17)(H2,16,18). The molecule has 0 aliphatic carbocycles. The van der Waals surface area contributed by atoms with E-state index in [9.17, 15) is 16.8 Å². The Morgan fingerprint density at radius 3 is 1.66 bits per heavy atom. The molecule has 2 heterocycles. The Hall–Kier alpha value is -2.46. The fourth-order valence-electron chi connectivity index (χ4n) is 2.25. The molecule has 4 N–H and O–H groups in total. The summed E-state index contributed by atoms with van der Waals surface area (Å²) in [5, 5.41) is 0. The molecule has 0 fully saturated rings. The van der Waals surface area contributed by atoms with Gasteiger partial charge in [0.1, 0.15) is 0 Å². The quantitative estimate of drug-likeness (QED) is 0.494. The second kappa shape index (κ2) is 8.11. The first-order chi connectivity index (χ1) is 13.3. The zero-order valence-corrected chi connectivity index (χ0v) is 18.3. The molecular formula is C14H24N8O5S2. The Kier molecular flexibility index (Phi) is 6.39. The highest BCUT2D eigenvalue weighted by molar-refractivity contribution is 7.87. The largest absolute Gasteiger partial charge is 0.381 e. The predicted molar refractivity (Wildman–Crippen MR) is 108 cm³/mol. The summed E-state index contributed by atoms with van der Waals surface area (Å²) in [5.74, 6) is -0.546. The molecule has 0 aliphatic rings. The van der Waals surface area contributed by atoms with Crippen LogP contribution in [0.5, 0.6) is 0 Å². The smallest absolute Gasteiger partial charge is 0.309 e. The van der Waals surface area contributed by atoms with Gasteiger partial charge in [-0.2, -0.15) is 33.4 Å². The van der Waals surface area contributed by atoms with Crippen LogP contribution in [0, 0.1) is 0 Å². The molecule has 0 amide bonds. The van der Waals surface area contributed by atoms with Crippen molar-refractivity contribution in [3.8, 4) is 0 Å². The number of hydrogen-bond acceptors (Lipinski definition) is 9. The lowest BCUT2D eigenvalue weighted by Gasteiger charge is -2.12. The highest BCUT2D eigenvalue weighted by Crippen LogP contribution is 2.26. The van der Waals surface area contributed by atoms with Crippen molar-refractivity contribution in [3.63, 3.8) is 0 Å². The SMILES string of the molecule is COCC=C(c1cn(S(=O)(=O)N(C)C)c(N)n1)c1cn(S(=O)(=O)N(C)C)c(N)n1.